The minimum atomic E-state index is -0.501. The number of fused-ring (bicyclic) bond motifs is 7. The van der Waals surface area contributed by atoms with Crippen LogP contribution >= 0.6 is 0 Å². The third-order valence-electron chi connectivity index (χ3n) is 5.81. The summed E-state index contributed by atoms with van der Waals surface area (Å²) in [6.07, 6.45) is 0.994. The van der Waals surface area contributed by atoms with Crippen molar-refractivity contribution in [2.24, 2.45) is 12.2 Å². The van der Waals surface area contributed by atoms with E-state index in [1.165, 1.54) is 10.9 Å². The van der Waals surface area contributed by atoms with Crippen LogP contribution in [0.25, 0.3) is 11.4 Å². The third-order valence-corrected chi connectivity index (χ3v) is 5.81. The Bertz CT molecular complexity index is 1470. The van der Waals surface area contributed by atoms with E-state index in [-0.39, 0.29) is 23.9 Å². The number of benzene rings is 1. The Morgan fingerprint density at radius 2 is 2.12 bits per heavy atom. The van der Waals surface area contributed by atoms with Crippen molar-refractivity contribution in [3.8, 4) is 17.6 Å². The molecule has 2 aromatic heterocycles. The second-order valence-corrected chi connectivity index (χ2v) is 8.15. The standard InChI is InChI=1S/C22H22N9O2/c1-11-5-6-17-14(7-11)13(3)33-21-20(24)25-9-16(26-21)19-15(8-23)12(2)27-30(19)10-18-28-29(4)22(32)31(17)18/h5-7,9,12-13H,10H2,1-4H3,(H2,24,25)/q+1/t12?,13-/m1/s1. The van der Waals surface area contributed by atoms with Crippen molar-refractivity contribution < 1.29 is 9.43 Å². The number of hydrogen-bond acceptors (Lipinski definition) is 8. The second kappa shape index (κ2) is 7.37. The number of aryl methyl sites for hydroxylation is 2. The monoisotopic (exact) mass is 444 g/mol. The fourth-order valence-corrected chi connectivity index (χ4v) is 4.21. The second-order valence-electron chi connectivity index (χ2n) is 8.15. The zero-order chi connectivity index (χ0) is 23.4. The van der Waals surface area contributed by atoms with Crippen LogP contribution in [-0.4, -0.2) is 35.1 Å². The van der Waals surface area contributed by atoms with Crippen LogP contribution in [0.4, 0.5) is 5.82 Å². The molecule has 4 heterocycles. The Hall–Kier alpha value is -4.33. The van der Waals surface area contributed by atoms with Gasteiger partial charge in [-0.1, -0.05) is 22.4 Å². The van der Waals surface area contributed by atoms with Gasteiger partial charge in [0.25, 0.3) is 11.6 Å². The summed E-state index contributed by atoms with van der Waals surface area (Å²) in [5.74, 6) is 0.748. The van der Waals surface area contributed by atoms with E-state index in [1.54, 1.807) is 16.3 Å². The first-order valence-corrected chi connectivity index (χ1v) is 10.5. The van der Waals surface area contributed by atoms with E-state index in [4.69, 9.17) is 10.5 Å². The molecule has 11 heteroatoms. The van der Waals surface area contributed by atoms with Gasteiger partial charge in [-0.3, -0.25) is 0 Å². The van der Waals surface area contributed by atoms with E-state index in [0.717, 1.165) is 11.1 Å². The molecule has 0 amide bonds. The van der Waals surface area contributed by atoms with Gasteiger partial charge in [0, 0.05) is 12.6 Å². The predicted octanol–water partition coefficient (Wildman–Crippen LogP) is 2.01. The topological polar surface area (TPSA) is 140 Å². The summed E-state index contributed by atoms with van der Waals surface area (Å²) < 4.78 is 10.6. The first-order chi connectivity index (χ1) is 15.8. The lowest BCUT2D eigenvalue weighted by Crippen LogP contribution is -2.25. The van der Waals surface area contributed by atoms with E-state index in [2.05, 4.69) is 26.3 Å². The number of nitrogens with zero attached hydrogens (tertiary/aromatic N) is 8. The number of ether oxygens (including phenoxy) is 1. The third kappa shape index (κ3) is 3.18. The van der Waals surface area contributed by atoms with Gasteiger partial charge < -0.3 is 10.5 Å². The van der Waals surface area contributed by atoms with Crippen molar-refractivity contribution in [3.05, 3.63) is 63.1 Å². The highest BCUT2D eigenvalue weighted by molar-refractivity contribution is 5.66. The van der Waals surface area contributed by atoms with Gasteiger partial charge in [0.2, 0.25) is 12.4 Å². The van der Waals surface area contributed by atoms with Gasteiger partial charge in [-0.15, -0.1) is 5.10 Å². The molecule has 33 heavy (non-hydrogen) atoms. The predicted molar refractivity (Wildman–Crippen MR) is 117 cm³/mol. The zero-order valence-electron chi connectivity index (χ0n) is 18.6. The van der Waals surface area contributed by atoms with Crippen LogP contribution in [-0.2, 0) is 13.6 Å². The van der Waals surface area contributed by atoms with Crippen LogP contribution in [0.5, 0.6) is 5.88 Å². The summed E-state index contributed by atoms with van der Waals surface area (Å²) in [7, 11) is 1.60. The molecular formula is C22H22N9O2+. The molecule has 0 radical (unpaired) electrons. The van der Waals surface area contributed by atoms with Crippen molar-refractivity contribution >= 4 is 11.5 Å². The highest BCUT2D eigenvalue weighted by Gasteiger charge is 2.38. The summed E-state index contributed by atoms with van der Waals surface area (Å²) in [5, 5.41) is 18.9. The van der Waals surface area contributed by atoms with Gasteiger partial charge in [0.1, 0.15) is 17.7 Å². The maximum Gasteiger partial charge on any atom is 0.350 e. The molecule has 166 valence electrons. The molecule has 3 aromatic rings. The summed E-state index contributed by atoms with van der Waals surface area (Å²) >= 11 is 0. The molecule has 0 saturated heterocycles. The first-order valence-electron chi connectivity index (χ1n) is 10.5. The highest BCUT2D eigenvalue weighted by atomic mass is 16.5. The van der Waals surface area contributed by atoms with Crippen LogP contribution < -0.4 is 16.2 Å². The summed E-state index contributed by atoms with van der Waals surface area (Å²) in [4.78, 5) is 22.0. The minimum Gasteiger partial charge on any atom is -0.467 e. The molecule has 1 unspecified atom stereocenters. The normalized spacial score (nSPS) is 19.3. The Morgan fingerprint density at radius 3 is 2.88 bits per heavy atom. The first kappa shape index (κ1) is 20.6. The Morgan fingerprint density at radius 1 is 1.33 bits per heavy atom. The molecule has 0 spiro atoms. The number of nitrogen functional groups attached to an aromatic ring is 1. The van der Waals surface area contributed by atoms with Crippen molar-refractivity contribution in [2.45, 2.75) is 39.5 Å². The molecule has 0 saturated carbocycles. The minimum absolute atomic E-state index is 0.129. The average Bonchev–Trinajstić information content (AvgIpc) is 3.24. The van der Waals surface area contributed by atoms with Crippen LogP contribution in [0.15, 0.2) is 39.9 Å². The van der Waals surface area contributed by atoms with E-state index < -0.39 is 12.1 Å². The number of hydrogen-bond donors (Lipinski definition) is 1. The van der Waals surface area contributed by atoms with E-state index in [9.17, 15) is 10.1 Å². The summed E-state index contributed by atoms with van der Waals surface area (Å²) in [6.45, 7) is 5.81. The van der Waals surface area contributed by atoms with Crippen molar-refractivity contribution in [1.82, 2.24) is 24.3 Å². The lowest BCUT2D eigenvalue weighted by Gasteiger charge is -2.20. The number of anilines is 1. The number of nitriles is 1. The largest absolute Gasteiger partial charge is 0.467 e. The maximum absolute atomic E-state index is 13.1. The molecule has 2 aliphatic rings. The fourth-order valence-electron chi connectivity index (χ4n) is 4.21. The van der Waals surface area contributed by atoms with Gasteiger partial charge in [-0.25, -0.2) is 24.0 Å². The van der Waals surface area contributed by atoms with Gasteiger partial charge in [0.15, 0.2) is 17.6 Å². The maximum atomic E-state index is 13.1. The molecule has 1 aromatic carbocycles. The zero-order valence-corrected chi connectivity index (χ0v) is 18.6. The molecule has 2 atom stereocenters. The molecule has 0 fully saturated rings. The Balaban J connectivity index is 1.84. The molecule has 2 N–H and O–H groups in total. The highest BCUT2D eigenvalue weighted by Crippen LogP contribution is 2.34. The number of aromatic nitrogens is 5. The number of rotatable bonds is 0. The Labute approximate surface area is 189 Å². The quantitative estimate of drug-likeness (QED) is 0.523. The van der Waals surface area contributed by atoms with Crippen molar-refractivity contribution in [2.75, 3.05) is 5.73 Å². The van der Waals surface area contributed by atoms with Crippen molar-refractivity contribution in [3.63, 3.8) is 0 Å². The lowest BCUT2D eigenvalue weighted by atomic mass is 10.0. The fraction of sp³-hybridized carbons (Fsp3) is 0.318. The lowest BCUT2D eigenvalue weighted by molar-refractivity contribution is -0.520. The van der Waals surface area contributed by atoms with Gasteiger partial charge in [0.05, 0.1) is 11.9 Å². The van der Waals surface area contributed by atoms with Gasteiger partial charge in [-0.2, -0.15) is 5.26 Å². The smallest absolute Gasteiger partial charge is 0.350 e. The molecule has 11 nitrogen and oxygen atoms in total. The SMILES string of the molecule is Cc1ccc2c(c1)[C@@H](C)Oc1nc(cnc1N)C1=C(C#N)C(C)N=[N+]1Cc1nn(C)c(=O)n1-2. The summed E-state index contributed by atoms with van der Waals surface area (Å²) in [6, 6.07) is 7.60. The molecule has 0 aliphatic carbocycles. The van der Waals surface area contributed by atoms with Crippen LogP contribution in [0, 0.1) is 18.3 Å². The Kier molecular flexibility index (Phi) is 4.59. The average molecular weight is 444 g/mol. The van der Waals surface area contributed by atoms with E-state index in [1.807, 2.05) is 39.0 Å². The van der Waals surface area contributed by atoms with Gasteiger partial charge >= 0.3 is 5.69 Å². The molecular weight excluding hydrogens is 422 g/mol. The van der Waals surface area contributed by atoms with Crippen LogP contribution in [0.3, 0.4) is 0 Å². The number of nitrogens with two attached hydrogens (primary N) is 1. The number of azo groups is 2. The van der Waals surface area contributed by atoms with E-state index >= 15 is 0 Å². The molecule has 2 bridgehead atoms. The summed E-state index contributed by atoms with van der Waals surface area (Å²) in [5.41, 5.74) is 9.54. The van der Waals surface area contributed by atoms with Gasteiger partial charge in [-0.05, 0) is 32.0 Å². The molecule has 2 aliphatic heterocycles. The molecule has 5 rings (SSSR count). The van der Waals surface area contributed by atoms with Crippen LogP contribution in [0.1, 0.15) is 42.6 Å². The van der Waals surface area contributed by atoms with E-state index in [0.29, 0.717) is 28.5 Å². The van der Waals surface area contributed by atoms with Crippen LogP contribution in [0.2, 0.25) is 0 Å². The van der Waals surface area contributed by atoms with Crippen molar-refractivity contribution in [1.29, 1.82) is 5.26 Å².